The second-order valence-electron chi connectivity index (χ2n) is 4.79. The van der Waals surface area contributed by atoms with Crippen molar-refractivity contribution in [3.05, 3.63) is 15.6 Å². The summed E-state index contributed by atoms with van der Waals surface area (Å²) in [5.41, 5.74) is 0.641. The maximum atomic E-state index is 12.5. The molecule has 1 aromatic heterocycles. The van der Waals surface area contributed by atoms with Crippen molar-refractivity contribution in [1.29, 1.82) is 0 Å². The number of thiazole rings is 1. The van der Waals surface area contributed by atoms with Crippen LogP contribution in [0.2, 0.25) is 0 Å². The van der Waals surface area contributed by atoms with E-state index < -0.39 is 12.1 Å². The molecule has 1 aliphatic heterocycles. The van der Waals surface area contributed by atoms with Crippen LogP contribution in [-0.4, -0.2) is 59.8 Å². The zero-order chi connectivity index (χ0) is 15.6. The average molecular weight is 314 g/mol. The van der Waals surface area contributed by atoms with Crippen molar-refractivity contribution < 1.29 is 24.2 Å². The number of hydrogen-bond donors (Lipinski definition) is 1. The number of aromatic nitrogens is 1. The lowest BCUT2D eigenvalue weighted by Gasteiger charge is -2.30. The largest absolute Gasteiger partial charge is 0.479 e. The molecular weight excluding hydrogens is 296 g/mol. The Hall–Kier alpha value is -1.51. The van der Waals surface area contributed by atoms with Crippen LogP contribution >= 0.6 is 11.3 Å². The highest BCUT2D eigenvalue weighted by Crippen LogP contribution is 2.26. The molecule has 2 heterocycles. The van der Waals surface area contributed by atoms with Crippen molar-refractivity contribution >= 4 is 23.2 Å². The van der Waals surface area contributed by atoms with Crippen molar-refractivity contribution in [1.82, 2.24) is 9.88 Å². The minimum absolute atomic E-state index is 0.0562. The van der Waals surface area contributed by atoms with E-state index in [1.54, 1.807) is 14.0 Å². The van der Waals surface area contributed by atoms with Gasteiger partial charge in [-0.3, -0.25) is 4.79 Å². The normalized spacial score (nSPS) is 20.3. The first kappa shape index (κ1) is 15.9. The van der Waals surface area contributed by atoms with Crippen molar-refractivity contribution in [2.45, 2.75) is 26.1 Å². The van der Waals surface area contributed by atoms with Crippen molar-refractivity contribution in [3.8, 4) is 0 Å². The third-order valence-corrected chi connectivity index (χ3v) is 4.64. The number of methoxy groups -OCH3 is 1. The lowest BCUT2D eigenvalue weighted by molar-refractivity contribution is -0.154. The molecule has 1 aromatic rings. The van der Waals surface area contributed by atoms with Gasteiger partial charge < -0.3 is 19.5 Å². The van der Waals surface area contributed by atoms with Crippen LogP contribution in [0.15, 0.2) is 0 Å². The summed E-state index contributed by atoms with van der Waals surface area (Å²) in [4.78, 5) is 29.9. The first-order valence-electron chi connectivity index (χ1n) is 6.57. The Balaban J connectivity index is 2.16. The molecule has 2 rings (SSSR count). The average Bonchev–Trinajstić information content (AvgIpc) is 2.87. The van der Waals surface area contributed by atoms with E-state index in [1.165, 1.54) is 16.2 Å². The molecule has 7 nitrogen and oxygen atoms in total. The number of aryl methyl sites for hydroxylation is 1. The van der Waals surface area contributed by atoms with E-state index in [-0.39, 0.29) is 25.2 Å². The molecule has 1 N–H and O–H groups in total. The summed E-state index contributed by atoms with van der Waals surface area (Å²) in [7, 11) is 1.59. The molecule has 8 heteroatoms. The van der Waals surface area contributed by atoms with Gasteiger partial charge in [0.15, 0.2) is 6.10 Å². The first-order chi connectivity index (χ1) is 9.93. The SMILES string of the molecule is CO[C@@H](C)c1nc(C)c(C(=O)N2CCO[C@H](C(=O)O)C2)s1. The maximum absolute atomic E-state index is 12.5. The van der Waals surface area contributed by atoms with E-state index in [1.807, 2.05) is 6.92 Å². The van der Waals surface area contributed by atoms with Gasteiger partial charge in [-0.2, -0.15) is 0 Å². The van der Waals surface area contributed by atoms with Gasteiger partial charge in [0.05, 0.1) is 18.8 Å². The standard InChI is InChI=1S/C13H18N2O5S/c1-7-10(21-11(14-7)8(2)19-3)12(16)15-4-5-20-9(6-15)13(17)18/h8-9H,4-6H2,1-3H3,(H,17,18)/t8-,9-/m0/s1. The number of morpholine rings is 1. The summed E-state index contributed by atoms with van der Waals surface area (Å²) in [5, 5.41) is 9.72. The molecule has 0 spiro atoms. The topological polar surface area (TPSA) is 89.0 Å². The van der Waals surface area contributed by atoms with E-state index in [9.17, 15) is 9.59 Å². The highest BCUT2D eigenvalue weighted by Gasteiger charge is 2.31. The smallest absolute Gasteiger partial charge is 0.334 e. The van der Waals surface area contributed by atoms with E-state index >= 15 is 0 Å². The van der Waals surface area contributed by atoms with Crippen LogP contribution in [0, 0.1) is 6.92 Å². The van der Waals surface area contributed by atoms with Crippen molar-refractivity contribution in [2.24, 2.45) is 0 Å². The maximum Gasteiger partial charge on any atom is 0.334 e. The van der Waals surface area contributed by atoms with Gasteiger partial charge in [0, 0.05) is 13.7 Å². The molecule has 1 saturated heterocycles. The van der Waals surface area contributed by atoms with Gasteiger partial charge in [-0.25, -0.2) is 9.78 Å². The lowest BCUT2D eigenvalue weighted by atomic mass is 10.2. The van der Waals surface area contributed by atoms with Gasteiger partial charge in [0.1, 0.15) is 16.0 Å². The summed E-state index contributed by atoms with van der Waals surface area (Å²) in [5.74, 6) is -1.25. The summed E-state index contributed by atoms with van der Waals surface area (Å²) >= 11 is 1.29. The Morgan fingerprint density at radius 1 is 1.57 bits per heavy atom. The molecule has 2 atom stereocenters. The number of ether oxygens (including phenoxy) is 2. The third kappa shape index (κ3) is 3.39. The van der Waals surface area contributed by atoms with Gasteiger partial charge in [0.25, 0.3) is 5.91 Å². The number of carboxylic acid groups (broad SMARTS) is 1. The molecular formula is C13H18N2O5S. The minimum atomic E-state index is -1.05. The molecule has 0 unspecified atom stereocenters. The van der Waals surface area contributed by atoms with Gasteiger partial charge in [-0.1, -0.05) is 0 Å². The number of carbonyl (C=O) groups is 2. The van der Waals surface area contributed by atoms with Gasteiger partial charge >= 0.3 is 5.97 Å². The fourth-order valence-corrected chi connectivity index (χ4v) is 3.08. The predicted molar refractivity (Wildman–Crippen MR) is 75.6 cm³/mol. The second kappa shape index (κ2) is 6.50. The highest BCUT2D eigenvalue weighted by atomic mass is 32.1. The van der Waals surface area contributed by atoms with E-state index in [4.69, 9.17) is 14.6 Å². The molecule has 0 aromatic carbocycles. The Morgan fingerprint density at radius 3 is 2.90 bits per heavy atom. The molecule has 0 saturated carbocycles. The van der Waals surface area contributed by atoms with Crippen LogP contribution in [0.25, 0.3) is 0 Å². The molecule has 0 aliphatic carbocycles. The van der Waals surface area contributed by atoms with Crippen LogP contribution in [0.3, 0.4) is 0 Å². The van der Waals surface area contributed by atoms with Crippen LogP contribution in [0.4, 0.5) is 0 Å². The van der Waals surface area contributed by atoms with Gasteiger partial charge in [-0.15, -0.1) is 11.3 Å². The number of nitrogens with zero attached hydrogens (tertiary/aromatic N) is 2. The number of aliphatic carboxylic acids is 1. The number of hydrogen-bond acceptors (Lipinski definition) is 6. The van der Waals surface area contributed by atoms with Crippen LogP contribution in [-0.2, 0) is 14.3 Å². The lowest BCUT2D eigenvalue weighted by Crippen LogP contribution is -2.48. The third-order valence-electron chi connectivity index (χ3n) is 3.34. The monoisotopic (exact) mass is 314 g/mol. The van der Waals surface area contributed by atoms with E-state index in [0.29, 0.717) is 17.1 Å². The van der Waals surface area contributed by atoms with E-state index in [0.717, 1.165) is 5.01 Å². The number of rotatable bonds is 4. The molecule has 0 radical (unpaired) electrons. The molecule has 1 aliphatic rings. The molecule has 116 valence electrons. The summed E-state index contributed by atoms with van der Waals surface area (Å²) < 4.78 is 10.3. The summed E-state index contributed by atoms with van der Waals surface area (Å²) in [6, 6.07) is 0. The van der Waals surface area contributed by atoms with Crippen LogP contribution in [0.1, 0.15) is 33.4 Å². The van der Waals surface area contributed by atoms with Crippen molar-refractivity contribution in [2.75, 3.05) is 26.8 Å². The Bertz CT molecular complexity index is 545. The molecule has 0 bridgehead atoms. The fraction of sp³-hybridized carbons (Fsp3) is 0.615. The quantitative estimate of drug-likeness (QED) is 0.894. The van der Waals surface area contributed by atoms with Crippen LogP contribution in [0.5, 0.6) is 0 Å². The molecule has 21 heavy (non-hydrogen) atoms. The Kier molecular flexibility index (Phi) is 4.92. The van der Waals surface area contributed by atoms with E-state index in [2.05, 4.69) is 4.98 Å². The first-order valence-corrected chi connectivity index (χ1v) is 7.39. The zero-order valence-electron chi connectivity index (χ0n) is 12.2. The van der Waals surface area contributed by atoms with Gasteiger partial charge in [0.2, 0.25) is 0 Å². The number of carbonyl (C=O) groups excluding carboxylic acids is 1. The zero-order valence-corrected chi connectivity index (χ0v) is 13.0. The number of amides is 1. The van der Waals surface area contributed by atoms with Crippen LogP contribution < -0.4 is 0 Å². The summed E-state index contributed by atoms with van der Waals surface area (Å²) in [6.07, 6.45) is -1.14. The number of carboxylic acids is 1. The Labute approximate surface area is 126 Å². The molecule has 1 fully saturated rings. The minimum Gasteiger partial charge on any atom is -0.479 e. The van der Waals surface area contributed by atoms with Crippen molar-refractivity contribution in [3.63, 3.8) is 0 Å². The Morgan fingerprint density at radius 2 is 2.29 bits per heavy atom. The molecule has 1 amide bonds. The predicted octanol–water partition coefficient (Wildman–Crippen LogP) is 1.08. The highest BCUT2D eigenvalue weighted by molar-refractivity contribution is 7.13. The fourth-order valence-electron chi connectivity index (χ4n) is 2.02. The summed E-state index contributed by atoms with van der Waals surface area (Å²) in [6.45, 7) is 4.30. The second-order valence-corrected chi connectivity index (χ2v) is 5.82. The van der Waals surface area contributed by atoms with Gasteiger partial charge in [-0.05, 0) is 13.8 Å².